The van der Waals surface area contributed by atoms with Gasteiger partial charge in [-0.15, -0.1) is 0 Å². The van der Waals surface area contributed by atoms with Crippen LogP contribution in [0.15, 0.2) is 42.7 Å². The molecule has 1 aliphatic rings. The molecule has 0 aliphatic carbocycles. The Morgan fingerprint density at radius 1 is 1.29 bits per heavy atom. The fourth-order valence-corrected chi connectivity index (χ4v) is 1.71. The standard InChI is InChI=1S/C14H16O3/c1-11-13(15)7-8-17-14(11)10-16-9-12-5-3-2-4-6-12/h2-8,11,14H,9-10H2,1H3/t11-,14-/m1/s1. The van der Waals surface area contributed by atoms with Gasteiger partial charge in [-0.3, -0.25) is 4.79 Å². The number of rotatable bonds is 4. The largest absolute Gasteiger partial charge is 0.495 e. The topological polar surface area (TPSA) is 35.5 Å². The first-order chi connectivity index (χ1) is 8.27. The molecular formula is C14H16O3. The third kappa shape index (κ3) is 3.17. The maximum atomic E-state index is 11.4. The molecule has 17 heavy (non-hydrogen) atoms. The van der Waals surface area contributed by atoms with Gasteiger partial charge in [0.2, 0.25) is 0 Å². The van der Waals surface area contributed by atoms with Crippen LogP contribution in [0.5, 0.6) is 0 Å². The summed E-state index contributed by atoms with van der Waals surface area (Å²) < 4.78 is 10.9. The lowest BCUT2D eigenvalue weighted by molar-refractivity contribution is -0.125. The molecule has 0 amide bonds. The number of hydrogen-bond acceptors (Lipinski definition) is 3. The summed E-state index contributed by atoms with van der Waals surface area (Å²) >= 11 is 0. The molecule has 1 heterocycles. The summed E-state index contributed by atoms with van der Waals surface area (Å²) in [6.07, 6.45) is 2.76. The Bertz CT molecular complexity index is 397. The number of ether oxygens (including phenoxy) is 2. The predicted molar refractivity (Wildman–Crippen MR) is 64.3 cm³/mol. The summed E-state index contributed by atoms with van der Waals surface area (Å²) in [4.78, 5) is 11.4. The average molecular weight is 232 g/mol. The van der Waals surface area contributed by atoms with E-state index in [4.69, 9.17) is 9.47 Å². The van der Waals surface area contributed by atoms with Gasteiger partial charge in [0.15, 0.2) is 5.78 Å². The minimum Gasteiger partial charge on any atom is -0.495 e. The first-order valence-corrected chi connectivity index (χ1v) is 5.75. The van der Waals surface area contributed by atoms with Crippen molar-refractivity contribution in [3.8, 4) is 0 Å². The highest BCUT2D eigenvalue weighted by Crippen LogP contribution is 2.16. The molecular weight excluding hydrogens is 216 g/mol. The molecule has 3 nitrogen and oxygen atoms in total. The molecule has 0 saturated carbocycles. The number of hydrogen-bond donors (Lipinski definition) is 0. The van der Waals surface area contributed by atoms with Crippen LogP contribution >= 0.6 is 0 Å². The summed E-state index contributed by atoms with van der Waals surface area (Å²) in [6, 6.07) is 9.95. The fraction of sp³-hybridized carbons (Fsp3) is 0.357. The van der Waals surface area contributed by atoms with E-state index in [0.717, 1.165) is 5.56 Å². The Morgan fingerprint density at radius 3 is 2.82 bits per heavy atom. The molecule has 0 spiro atoms. The van der Waals surface area contributed by atoms with Crippen molar-refractivity contribution >= 4 is 5.78 Å². The third-order valence-electron chi connectivity index (χ3n) is 2.89. The first kappa shape index (κ1) is 11.9. The molecule has 2 rings (SSSR count). The summed E-state index contributed by atoms with van der Waals surface area (Å²) in [5.41, 5.74) is 1.12. The van der Waals surface area contributed by atoms with Crippen LogP contribution in [0.2, 0.25) is 0 Å². The SMILES string of the molecule is C[C@@H]1C(=O)C=CO[C@@H]1COCc1ccccc1. The van der Waals surface area contributed by atoms with Crippen molar-refractivity contribution in [2.24, 2.45) is 5.92 Å². The molecule has 90 valence electrons. The lowest BCUT2D eigenvalue weighted by Crippen LogP contribution is -2.33. The molecule has 1 aliphatic heterocycles. The predicted octanol–water partition coefficient (Wildman–Crippen LogP) is 2.32. The Balaban J connectivity index is 1.79. The van der Waals surface area contributed by atoms with Crippen LogP contribution in [0.1, 0.15) is 12.5 Å². The highest BCUT2D eigenvalue weighted by molar-refractivity contribution is 5.92. The molecule has 1 aromatic rings. The van der Waals surface area contributed by atoms with E-state index in [2.05, 4.69) is 0 Å². The maximum Gasteiger partial charge on any atom is 0.165 e. The van der Waals surface area contributed by atoms with Gasteiger partial charge in [0.25, 0.3) is 0 Å². The lowest BCUT2D eigenvalue weighted by atomic mass is 9.98. The van der Waals surface area contributed by atoms with Crippen LogP contribution in [0.3, 0.4) is 0 Å². The Kier molecular flexibility index (Phi) is 3.94. The molecule has 3 heteroatoms. The van der Waals surface area contributed by atoms with Gasteiger partial charge < -0.3 is 9.47 Å². The van der Waals surface area contributed by atoms with Gasteiger partial charge in [-0.2, -0.15) is 0 Å². The normalized spacial score (nSPS) is 23.5. The summed E-state index contributed by atoms with van der Waals surface area (Å²) in [7, 11) is 0. The monoisotopic (exact) mass is 232 g/mol. The second-order valence-corrected chi connectivity index (χ2v) is 4.17. The van der Waals surface area contributed by atoms with Gasteiger partial charge in [0, 0.05) is 6.08 Å². The zero-order chi connectivity index (χ0) is 12.1. The zero-order valence-electron chi connectivity index (χ0n) is 9.84. The number of carbonyl (C=O) groups excluding carboxylic acids is 1. The van der Waals surface area contributed by atoms with Gasteiger partial charge in [-0.25, -0.2) is 0 Å². The third-order valence-corrected chi connectivity index (χ3v) is 2.89. The molecule has 0 bridgehead atoms. The number of ketones is 1. The average Bonchev–Trinajstić information content (AvgIpc) is 2.36. The minimum absolute atomic E-state index is 0.101. The maximum absolute atomic E-state index is 11.4. The van der Waals surface area contributed by atoms with E-state index in [9.17, 15) is 4.79 Å². The second-order valence-electron chi connectivity index (χ2n) is 4.17. The van der Waals surface area contributed by atoms with E-state index in [1.807, 2.05) is 37.3 Å². The van der Waals surface area contributed by atoms with Crippen LogP contribution in [0.4, 0.5) is 0 Å². The van der Waals surface area contributed by atoms with E-state index in [1.165, 1.54) is 12.3 Å². The quantitative estimate of drug-likeness (QED) is 0.799. The molecule has 1 aromatic carbocycles. The summed E-state index contributed by atoms with van der Waals surface area (Å²) in [5, 5.41) is 0. The molecule has 0 radical (unpaired) electrons. The number of carbonyl (C=O) groups is 1. The molecule has 0 aromatic heterocycles. The van der Waals surface area contributed by atoms with E-state index in [-0.39, 0.29) is 17.8 Å². The van der Waals surface area contributed by atoms with Crippen molar-refractivity contribution in [2.45, 2.75) is 19.6 Å². The minimum atomic E-state index is -0.170. The smallest absolute Gasteiger partial charge is 0.165 e. The molecule has 0 saturated heterocycles. The number of allylic oxidation sites excluding steroid dienone is 1. The van der Waals surface area contributed by atoms with Crippen molar-refractivity contribution in [1.29, 1.82) is 0 Å². The molecule has 0 unspecified atom stereocenters. The van der Waals surface area contributed by atoms with Gasteiger partial charge in [-0.1, -0.05) is 37.3 Å². The van der Waals surface area contributed by atoms with Gasteiger partial charge in [-0.05, 0) is 5.56 Å². The van der Waals surface area contributed by atoms with Crippen molar-refractivity contribution in [1.82, 2.24) is 0 Å². The summed E-state index contributed by atoms with van der Waals surface area (Å²) in [5.74, 6) is -0.0275. The van der Waals surface area contributed by atoms with E-state index >= 15 is 0 Å². The van der Waals surface area contributed by atoms with Crippen molar-refractivity contribution in [3.63, 3.8) is 0 Å². The van der Waals surface area contributed by atoms with Crippen molar-refractivity contribution in [3.05, 3.63) is 48.2 Å². The number of benzene rings is 1. The summed E-state index contributed by atoms with van der Waals surface area (Å²) in [6.45, 7) is 2.85. The fourth-order valence-electron chi connectivity index (χ4n) is 1.71. The van der Waals surface area contributed by atoms with Gasteiger partial charge >= 0.3 is 0 Å². The van der Waals surface area contributed by atoms with E-state index < -0.39 is 0 Å². The highest BCUT2D eigenvalue weighted by atomic mass is 16.5. The first-order valence-electron chi connectivity index (χ1n) is 5.75. The van der Waals surface area contributed by atoms with Crippen LogP contribution < -0.4 is 0 Å². The van der Waals surface area contributed by atoms with Crippen LogP contribution in [0.25, 0.3) is 0 Å². The van der Waals surface area contributed by atoms with Crippen LogP contribution in [0, 0.1) is 5.92 Å². The van der Waals surface area contributed by atoms with Gasteiger partial charge in [0.1, 0.15) is 6.10 Å². The van der Waals surface area contributed by atoms with E-state index in [0.29, 0.717) is 13.2 Å². The molecule has 0 fully saturated rings. The lowest BCUT2D eigenvalue weighted by Gasteiger charge is -2.24. The molecule has 2 atom stereocenters. The van der Waals surface area contributed by atoms with Crippen molar-refractivity contribution < 1.29 is 14.3 Å². The Morgan fingerprint density at radius 2 is 2.06 bits per heavy atom. The van der Waals surface area contributed by atoms with Crippen LogP contribution in [-0.4, -0.2) is 18.5 Å². The van der Waals surface area contributed by atoms with Crippen molar-refractivity contribution in [2.75, 3.05) is 6.61 Å². The zero-order valence-corrected chi connectivity index (χ0v) is 9.84. The second kappa shape index (κ2) is 5.64. The van der Waals surface area contributed by atoms with Crippen LogP contribution in [-0.2, 0) is 20.9 Å². The Labute approximate surface area is 101 Å². The molecule has 0 N–H and O–H groups in total. The highest BCUT2D eigenvalue weighted by Gasteiger charge is 2.26. The van der Waals surface area contributed by atoms with E-state index in [1.54, 1.807) is 0 Å². The van der Waals surface area contributed by atoms with Gasteiger partial charge in [0.05, 0.1) is 25.4 Å². The Hall–Kier alpha value is -1.61.